The van der Waals surface area contributed by atoms with E-state index in [-0.39, 0.29) is 10.8 Å². The molecule has 1 aliphatic rings. The third-order valence-corrected chi connectivity index (χ3v) is 20.0. The lowest BCUT2D eigenvalue weighted by Crippen LogP contribution is -2.44. The van der Waals surface area contributed by atoms with Gasteiger partial charge in [0.25, 0.3) is 0 Å². The Labute approximate surface area is 612 Å². The maximum Gasteiger partial charge on any atom is 0.248 e. The standard InChI is InChI=1S/C46H36N4O4.C46H34N4O2/c1-44(2,3)35-26-27-38-39(28-35)46(52,34-24-20-32(21-25-34)43-50-48-41(54-43)30-14-8-5-9-15-30)37-17-11-10-16-36(37)45(38,51)33-22-18-31(19-23-33)42-49-47-40(53-42)29-12-6-4-7-13-29;1-46(2,3)35-26-27-38-39(28-35)41(30-20-24-34(25-21-30)45-50-48-43(52-45)32-14-8-5-9-15-32)37-17-11-10-16-36(37)40(38)29-18-22-33(23-19-29)44-49-47-42(51-44)31-12-6-4-7-13-31/h4-28,51-52H,1-3H3;4-28H,1-3H3. The van der Waals surface area contributed by atoms with Crippen LogP contribution in [-0.4, -0.2) is 51.0 Å². The normalized spacial score (nSPS) is 14.9. The third-order valence-electron chi connectivity index (χ3n) is 20.0. The molecule has 0 saturated heterocycles. The van der Waals surface area contributed by atoms with Crippen molar-refractivity contribution in [2.24, 2.45) is 0 Å². The Kier molecular flexibility index (Phi) is 16.6. The van der Waals surface area contributed by atoms with Gasteiger partial charge in [-0.25, -0.2) is 0 Å². The van der Waals surface area contributed by atoms with Crippen molar-refractivity contribution in [1.29, 1.82) is 0 Å². The van der Waals surface area contributed by atoms with E-state index in [2.05, 4.69) is 173 Å². The van der Waals surface area contributed by atoms with E-state index >= 15 is 0 Å². The van der Waals surface area contributed by atoms with E-state index in [1.54, 1.807) is 0 Å². The molecule has 0 saturated carbocycles. The first-order valence-electron chi connectivity index (χ1n) is 35.2. The lowest BCUT2D eigenvalue weighted by atomic mass is 9.62. The molecule has 4 heterocycles. The molecule has 14 heteroatoms. The van der Waals surface area contributed by atoms with Crippen molar-refractivity contribution < 1.29 is 27.9 Å². The van der Waals surface area contributed by atoms with Gasteiger partial charge in [-0.05, 0) is 202 Å². The molecule has 2 N–H and O–H groups in total. The summed E-state index contributed by atoms with van der Waals surface area (Å²) in [5, 5.41) is 65.5. The van der Waals surface area contributed by atoms with E-state index in [1.165, 1.54) is 38.2 Å². The topological polar surface area (TPSA) is 196 Å². The Bertz CT molecular complexity index is 6040. The van der Waals surface area contributed by atoms with Crippen LogP contribution >= 0.6 is 0 Å². The average molecular weight is 1380 g/mol. The highest BCUT2D eigenvalue weighted by molar-refractivity contribution is 6.21. The van der Waals surface area contributed by atoms with E-state index in [0.29, 0.717) is 80.5 Å². The molecule has 106 heavy (non-hydrogen) atoms. The van der Waals surface area contributed by atoms with Gasteiger partial charge in [0, 0.05) is 44.5 Å². The number of hydrogen-bond acceptors (Lipinski definition) is 14. The molecule has 2 unspecified atom stereocenters. The van der Waals surface area contributed by atoms with Gasteiger partial charge in [-0.2, -0.15) is 0 Å². The molecule has 0 fully saturated rings. The number of nitrogens with zero attached hydrogens (tertiary/aromatic N) is 8. The van der Waals surface area contributed by atoms with Crippen molar-refractivity contribution in [2.45, 2.75) is 63.6 Å². The molecule has 0 spiro atoms. The molecular formula is C92H70N8O6. The van der Waals surface area contributed by atoms with E-state index in [0.717, 1.165) is 61.2 Å². The van der Waals surface area contributed by atoms with Gasteiger partial charge in [0.15, 0.2) is 0 Å². The van der Waals surface area contributed by atoms with Gasteiger partial charge in [0.2, 0.25) is 47.1 Å². The van der Waals surface area contributed by atoms with Crippen LogP contribution in [-0.2, 0) is 22.0 Å². The summed E-state index contributed by atoms with van der Waals surface area (Å²) in [4.78, 5) is 0. The Morgan fingerprint density at radius 2 is 0.472 bits per heavy atom. The van der Waals surface area contributed by atoms with Gasteiger partial charge in [0.05, 0.1) is 0 Å². The highest BCUT2D eigenvalue weighted by Crippen LogP contribution is 2.55. The number of aromatic nitrogens is 8. The van der Waals surface area contributed by atoms with Crippen LogP contribution in [0.2, 0.25) is 0 Å². The molecule has 14 nitrogen and oxygen atoms in total. The number of hydrogen-bond donors (Lipinski definition) is 2. The lowest BCUT2D eigenvalue weighted by Gasteiger charge is -2.45. The van der Waals surface area contributed by atoms with Crippen LogP contribution in [0.1, 0.15) is 86.1 Å². The van der Waals surface area contributed by atoms with Gasteiger partial charge in [0.1, 0.15) is 11.2 Å². The quantitative estimate of drug-likeness (QED) is 0.110. The highest BCUT2D eigenvalue weighted by Gasteiger charge is 2.51. The fourth-order valence-corrected chi connectivity index (χ4v) is 14.3. The predicted molar refractivity (Wildman–Crippen MR) is 415 cm³/mol. The van der Waals surface area contributed by atoms with E-state index < -0.39 is 11.2 Å². The van der Waals surface area contributed by atoms with Crippen LogP contribution < -0.4 is 0 Å². The van der Waals surface area contributed by atoms with Crippen molar-refractivity contribution >= 4 is 21.5 Å². The van der Waals surface area contributed by atoms with Crippen LogP contribution in [0.4, 0.5) is 0 Å². The minimum absolute atomic E-state index is 0.0279. The molecule has 13 aromatic carbocycles. The van der Waals surface area contributed by atoms with Gasteiger partial charge in [-0.15, -0.1) is 40.8 Å². The maximum atomic E-state index is 13.2. The average Bonchev–Trinajstić information content (AvgIpc) is 0.703. The van der Waals surface area contributed by atoms with Gasteiger partial charge < -0.3 is 27.9 Å². The molecular weight excluding hydrogens is 1310 g/mol. The highest BCUT2D eigenvalue weighted by atomic mass is 16.4. The minimum Gasteiger partial charge on any atom is -0.416 e. The fourth-order valence-electron chi connectivity index (χ4n) is 14.3. The van der Waals surface area contributed by atoms with E-state index in [4.69, 9.17) is 17.7 Å². The predicted octanol–water partition coefficient (Wildman–Crippen LogP) is 21.4. The van der Waals surface area contributed by atoms with Crippen LogP contribution in [0.25, 0.3) is 135 Å². The molecule has 1 aliphatic carbocycles. The summed E-state index contributed by atoms with van der Waals surface area (Å²) in [6.45, 7) is 13.2. The summed E-state index contributed by atoms with van der Waals surface area (Å²) in [6.07, 6.45) is 0. The molecule has 0 aliphatic heterocycles. The first kappa shape index (κ1) is 66.1. The van der Waals surface area contributed by atoms with Crippen molar-refractivity contribution in [2.75, 3.05) is 0 Å². The summed E-state index contributed by atoms with van der Waals surface area (Å²) in [6, 6.07) is 100. The molecule has 4 aromatic heterocycles. The molecule has 17 aromatic rings. The Hall–Kier alpha value is -13.1. The van der Waals surface area contributed by atoms with Crippen LogP contribution in [0.3, 0.4) is 0 Å². The van der Waals surface area contributed by atoms with Crippen molar-refractivity contribution in [3.05, 3.63) is 348 Å². The van der Waals surface area contributed by atoms with E-state index in [1.807, 2.05) is 212 Å². The molecule has 2 atom stereocenters. The zero-order valence-electron chi connectivity index (χ0n) is 59.0. The molecule has 514 valence electrons. The Balaban J connectivity index is 0.000000156. The zero-order chi connectivity index (χ0) is 72.3. The van der Waals surface area contributed by atoms with Crippen LogP contribution in [0.5, 0.6) is 0 Å². The second kappa shape index (κ2) is 26.6. The lowest BCUT2D eigenvalue weighted by molar-refractivity contribution is 0.0746. The van der Waals surface area contributed by atoms with Crippen LogP contribution in [0.15, 0.2) is 321 Å². The van der Waals surface area contributed by atoms with E-state index in [9.17, 15) is 10.2 Å². The third kappa shape index (κ3) is 12.0. The molecule has 0 radical (unpaired) electrons. The molecule has 0 bridgehead atoms. The summed E-state index contributed by atoms with van der Waals surface area (Å²) in [7, 11) is 0. The monoisotopic (exact) mass is 1380 g/mol. The number of fused-ring (bicyclic) bond motifs is 4. The maximum absolute atomic E-state index is 13.2. The van der Waals surface area contributed by atoms with Gasteiger partial charge >= 0.3 is 0 Å². The van der Waals surface area contributed by atoms with Crippen molar-refractivity contribution in [1.82, 2.24) is 40.8 Å². The molecule has 18 rings (SSSR count). The van der Waals surface area contributed by atoms with Crippen molar-refractivity contribution in [3.8, 4) is 114 Å². The fraction of sp³-hybridized carbons (Fsp3) is 0.109. The van der Waals surface area contributed by atoms with Crippen molar-refractivity contribution in [3.63, 3.8) is 0 Å². The second-order valence-corrected chi connectivity index (χ2v) is 28.7. The SMILES string of the molecule is CC(C)(C)c1ccc2c(-c3ccc(-c4nnc(-c5ccccc5)o4)cc3)c3ccccc3c(-c3ccc(-c4nnc(-c5ccccc5)o4)cc3)c2c1.CC(C)(C)c1ccc2c(c1)C(O)(c1ccc(-c3nnc(-c4ccccc4)o3)cc1)c1ccccc1C2(O)c1ccc(-c2nnc(-c3ccccc3)o2)cc1. The first-order chi connectivity index (χ1) is 51.5. The zero-order valence-corrected chi connectivity index (χ0v) is 59.0. The van der Waals surface area contributed by atoms with Gasteiger partial charge in [-0.3, -0.25) is 0 Å². The van der Waals surface area contributed by atoms with Crippen LogP contribution in [0, 0.1) is 0 Å². The summed E-state index contributed by atoms with van der Waals surface area (Å²) < 4.78 is 24.2. The number of aliphatic hydroxyl groups is 2. The summed E-state index contributed by atoms with van der Waals surface area (Å²) in [5.74, 6) is 3.60. The Morgan fingerprint density at radius 1 is 0.226 bits per heavy atom. The minimum atomic E-state index is -1.61. The number of rotatable bonds is 12. The summed E-state index contributed by atoms with van der Waals surface area (Å²) >= 11 is 0. The smallest absolute Gasteiger partial charge is 0.248 e. The second-order valence-electron chi connectivity index (χ2n) is 28.7. The Morgan fingerprint density at radius 3 is 0.811 bits per heavy atom. The first-order valence-corrected chi connectivity index (χ1v) is 35.2. The van der Waals surface area contributed by atoms with Gasteiger partial charge in [-0.1, -0.05) is 242 Å². The largest absolute Gasteiger partial charge is 0.416 e. The summed E-state index contributed by atoms with van der Waals surface area (Å²) in [5.41, 5.74) is 13.7. The molecule has 0 amide bonds. The number of benzene rings is 13.